The first-order valence-corrected chi connectivity index (χ1v) is 11.5. The Labute approximate surface area is 187 Å². The molecule has 0 aliphatic carbocycles. The van der Waals surface area contributed by atoms with E-state index in [1.165, 1.54) is 16.9 Å². The van der Waals surface area contributed by atoms with Crippen LogP contribution in [0.5, 0.6) is 0 Å². The molecule has 3 aromatic rings. The largest absolute Gasteiger partial charge is 0.459 e. The number of furan rings is 1. The van der Waals surface area contributed by atoms with Gasteiger partial charge in [0.15, 0.2) is 10.8 Å². The van der Waals surface area contributed by atoms with Crippen molar-refractivity contribution in [3.63, 3.8) is 0 Å². The third-order valence-corrected chi connectivity index (χ3v) is 6.50. The minimum Gasteiger partial charge on any atom is -0.459 e. The number of rotatable bonds is 6. The molecule has 0 bridgehead atoms. The number of hydrogen-bond acceptors (Lipinski definition) is 6. The van der Waals surface area contributed by atoms with E-state index in [1.54, 1.807) is 0 Å². The lowest BCUT2D eigenvalue weighted by molar-refractivity contribution is -0.0704. The number of aryl methyl sites for hydroxylation is 2. The summed E-state index contributed by atoms with van der Waals surface area (Å²) in [6.07, 6.45) is 0.538. The molecule has 2 aromatic heterocycles. The van der Waals surface area contributed by atoms with Crippen LogP contribution in [0.3, 0.4) is 0 Å². The first-order chi connectivity index (χ1) is 14.9. The number of hydrogen-bond donors (Lipinski definition) is 1. The molecule has 164 valence electrons. The lowest BCUT2D eigenvalue weighted by Gasteiger charge is -2.35. The molecule has 1 saturated heterocycles. The number of nitrogens with zero attached hydrogens (tertiary/aromatic N) is 2. The summed E-state index contributed by atoms with van der Waals surface area (Å²) in [5.74, 6) is 1.42. The number of morpholine rings is 1. The Kier molecular flexibility index (Phi) is 6.55. The lowest BCUT2D eigenvalue weighted by Crippen LogP contribution is -2.44. The predicted octanol–water partition coefficient (Wildman–Crippen LogP) is 4.56. The first kappa shape index (κ1) is 21.7. The third kappa shape index (κ3) is 5.42. The SMILES string of the molecule is Cc1ccc(-c2nc(C)c(C(=O)NCc3ccc(CN4CC(C)OC(C)C4)cc3)s2)o1. The predicted molar refractivity (Wildman–Crippen MR) is 122 cm³/mol. The average Bonchev–Trinajstić information content (AvgIpc) is 3.32. The Morgan fingerprint density at radius 2 is 1.77 bits per heavy atom. The van der Waals surface area contributed by atoms with E-state index < -0.39 is 0 Å². The van der Waals surface area contributed by atoms with Crippen LogP contribution in [0.15, 0.2) is 40.8 Å². The zero-order valence-corrected chi connectivity index (χ0v) is 19.3. The van der Waals surface area contributed by atoms with E-state index in [0.29, 0.717) is 17.2 Å². The molecule has 4 rings (SSSR count). The van der Waals surface area contributed by atoms with Gasteiger partial charge in [0.05, 0.1) is 17.9 Å². The zero-order chi connectivity index (χ0) is 22.0. The van der Waals surface area contributed by atoms with Crippen molar-refractivity contribution in [1.82, 2.24) is 15.2 Å². The summed E-state index contributed by atoms with van der Waals surface area (Å²) in [6, 6.07) is 12.2. The molecule has 31 heavy (non-hydrogen) atoms. The molecule has 1 fully saturated rings. The van der Waals surface area contributed by atoms with Gasteiger partial charge >= 0.3 is 0 Å². The van der Waals surface area contributed by atoms with E-state index >= 15 is 0 Å². The smallest absolute Gasteiger partial charge is 0.263 e. The summed E-state index contributed by atoms with van der Waals surface area (Å²) in [4.78, 5) is 20.2. The molecular formula is C24H29N3O3S. The fourth-order valence-electron chi connectivity index (χ4n) is 3.96. The minimum absolute atomic E-state index is 0.107. The van der Waals surface area contributed by atoms with Gasteiger partial charge in [-0.1, -0.05) is 24.3 Å². The summed E-state index contributed by atoms with van der Waals surface area (Å²) in [6.45, 7) is 11.3. The van der Waals surface area contributed by atoms with Crippen molar-refractivity contribution < 1.29 is 13.9 Å². The van der Waals surface area contributed by atoms with Gasteiger partial charge in [-0.2, -0.15) is 0 Å². The van der Waals surface area contributed by atoms with E-state index in [-0.39, 0.29) is 18.1 Å². The molecular weight excluding hydrogens is 410 g/mol. The fourth-order valence-corrected chi connectivity index (χ4v) is 4.90. The van der Waals surface area contributed by atoms with Crippen LogP contribution in [0.25, 0.3) is 10.8 Å². The van der Waals surface area contributed by atoms with Crippen LogP contribution < -0.4 is 5.32 Å². The highest BCUT2D eigenvalue weighted by molar-refractivity contribution is 7.17. The van der Waals surface area contributed by atoms with Crippen LogP contribution in [0.1, 0.15) is 46.1 Å². The van der Waals surface area contributed by atoms with Crippen LogP contribution >= 0.6 is 11.3 Å². The molecule has 7 heteroatoms. The Balaban J connectivity index is 1.33. The van der Waals surface area contributed by atoms with Crippen molar-refractivity contribution in [1.29, 1.82) is 0 Å². The molecule has 1 amide bonds. The molecule has 0 spiro atoms. The van der Waals surface area contributed by atoms with Gasteiger partial charge < -0.3 is 14.5 Å². The highest BCUT2D eigenvalue weighted by Crippen LogP contribution is 2.29. The molecule has 1 aliphatic heterocycles. The van der Waals surface area contributed by atoms with Crippen molar-refractivity contribution in [3.05, 3.63) is 63.9 Å². The van der Waals surface area contributed by atoms with Crippen LogP contribution in [0.4, 0.5) is 0 Å². The van der Waals surface area contributed by atoms with E-state index in [2.05, 4.69) is 53.3 Å². The number of carbonyl (C=O) groups is 1. The Hall–Kier alpha value is -2.48. The van der Waals surface area contributed by atoms with Crippen molar-refractivity contribution in [2.75, 3.05) is 13.1 Å². The number of ether oxygens (including phenoxy) is 1. The molecule has 3 heterocycles. The van der Waals surface area contributed by atoms with Gasteiger partial charge in [0.2, 0.25) is 0 Å². The van der Waals surface area contributed by atoms with Gasteiger partial charge in [0.25, 0.3) is 5.91 Å². The molecule has 2 atom stereocenters. The Morgan fingerprint density at radius 1 is 1.10 bits per heavy atom. The topological polar surface area (TPSA) is 67.6 Å². The monoisotopic (exact) mass is 439 g/mol. The molecule has 0 radical (unpaired) electrons. The summed E-state index contributed by atoms with van der Waals surface area (Å²) in [5.41, 5.74) is 3.06. The number of carbonyl (C=O) groups excluding carboxylic acids is 1. The first-order valence-electron chi connectivity index (χ1n) is 10.7. The highest BCUT2D eigenvalue weighted by Gasteiger charge is 2.22. The number of thiazole rings is 1. The normalized spacial score (nSPS) is 19.5. The van der Waals surface area contributed by atoms with Crippen LogP contribution in [-0.4, -0.2) is 41.1 Å². The fraction of sp³-hybridized carbons (Fsp3) is 0.417. The summed E-state index contributed by atoms with van der Waals surface area (Å²) in [7, 11) is 0. The summed E-state index contributed by atoms with van der Waals surface area (Å²) in [5, 5.41) is 3.74. The zero-order valence-electron chi connectivity index (χ0n) is 18.5. The summed E-state index contributed by atoms with van der Waals surface area (Å²) < 4.78 is 11.4. The van der Waals surface area contributed by atoms with Gasteiger partial charge in [-0.25, -0.2) is 4.98 Å². The van der Waals surface area contributed by atoms with Gasteiger partial charge in [-0.3, -0.25) is 9.69 Å². The lowest BCUT2D eigenvalue weighted by atomic mass is 10.1. The van der Waals surface area contributed by atoms with E-state index in [0.717, 1.165) is 41.7 Å². The maximum Gasteiger partial charge on any atom is 0.263 e. The van der Waals surface area contributed by atoms with E-state index in [9.17, 15) is 4.79 Å². The van der Waals surface area contributed by atoms with E-state index in [4.69, 9.17) is 9.15 Å². The number of aromatic nitrogens is 1. The second-order valence-electron chi connectivity index (χ2n) is 8.29. The van der Waals surface area contributed by atoms with Gasteiger partial charge in [-0.15, -0.1) is 11.3 Å². The molecule has 6 nitrogen and oxygen atoms in total. The summed E-state index contributed by atoms with van der Waals surface area (Å²) >= 11 is 1.36. The number of nitrogens with one attached hydrogen (secondary N) is 1. The molecule has 1 aromatic carbocycles. The van der Waals surface area contributed by atoms with Gasteiger partial charge in [-0.05, 0) is 51.0 Å². The second-order valence-corrected chi connectivity index (χ2v) is 9.29. The molecule has 0 saturated carbocycles. The Bertz CT molecular complexity index is 1030. The number of amides is 1. The molecule has 1 N–H and O–H groups in total. The molecule has 2 unspecified atom stereocenters. The van der Waals surface area contributed by atoms with Crippen molar-refractivity contribution in [2.45, 2.75) is 53.0 Å². The van der Waals surface area contributed by atoms with E-state index in [1.807, 2.05) is 26.0 Å². The third-order valence-electron chi connectivity index (χ3n) is 5.33. The maximum atomic E-state index is 12.7. The van der Waals surface area contributed by atoms with Crippen molar-refractivity contribution in [3.8, 4) is 10.8 Å². The van der Waals surface area contributed by atoms with Crippen molar-refractivity contribution >= 4 is 17.2 Å². The minimum atomic E-state index is -0.107. The Morgan fingerprint density at radius 3 is 2.42 bits per heavy atom. The average molecular weight is 440 g/mol. The van der Waals surface area contributed by atoms with Crippen LogP contribution in [0.2, 0.25) is 0 Å². The van der Waals surface area contributed by atoms with Gasteiger partial charge in [0.1, 0.15) is 10.6 Å². The molecule has 1 aliphatic rings. The quantitative estimate of drug-likeness (QED) is 0.610. The van der Waals surface area contributed by atoms with Crippen molar-refractivity contribution in [2.24, 2.45) is 0 Å². The second kappa shape index (κ2) is 9.34. The van der Waals surface area contributed by atoms with Gasteiger partial charge in [0, 0.05) is 26.2 Å². The number of benzene rings is 1. The highest BCUT2D eigenvalue weighted by atomic mass is 32.1. The standard InChI is InChI=1S/C24H29N3O3S/c1-15-5-10-21(30-15)24-26-18(4)22(31-24)23(28)25-11-19-6-8-20(9-7-19)14-27-12-16(2)29-17(3)13-27/h5-10,16-17H,11-14H2,1-4H3,(H,25,28). The van der Waals surface area contributed by atoms with Crippen LogP contribution in [-0.2, 0) is 17.8 Å². The van der Waals surface area contributed by atoms with Crippen LogP contribution in [0, 0.1) is 13.8 Å². The maximum absolute atomic E-state index is 12.7.